The van der Waals surface area contributed by atoms with E-state index in [4.69, 9.17) is 15.3 Å². The molecule has 0 fully saturated rings. The van der Waals surface area contributed by atoms with E-state index in [1.165, 1.54) is 0 Å². The van der Waals surface area contributed by atoms with Crippen molar-refractivity contribution < 1.29 is 24.9 Å². The number of carboxylic acid groups (broad SMARTS) is 2. The molecule has 0 aromatic rings. The van der Waals surface area contributed by atoms with E-state index < -0.39 is 27.0 Å². The maximum Gasteiger partial charge on any atom is 0.308 e. The number of aliphatic carboxylic acids is 2. The van der Waals surface area contributed by atoms with Gasteiger partial charge in [-0.2, -0.15) is 25.3 Å². The minimum atomic E-state index is -1.03. The van der Waals surface area contributed by atoms with Crippen LogP contribution < -0.4 is 0 Å². The summed E-state index contributed by atoms with van der Waals surface area (Å²) in [6, 6.07) is 0. The molecule has 17 heavy (non-hydrogen) atoms. The third kappa shape index (κ3) is 8.09. The van der Waals surface area contributed by atoms with Gasteiger partial charge in [0.15, 0.2) is 0 Å². The lowest BCUT2D eigenvalue weighted by Gasteiger charge is -2.18. The van der Waals surface area contributed by atoms with E-state index in [1.54, 1.807) is 0 Å². The van der Waals surface area contributed by atoms with E-state index in [1.807, 2.05) is 0 Å². The van der Waals surface area contributed by atoms with Gasteiger partial charge in [0.1, 0.15) is 0 Å². The molecular weight excluding hydrogens is 304 g/mol. The second kappa shape index (κ2) is 9.26. The van der Waals surface area contributed by atoms with E-state index in [0.717, 1.165) is 21.6 Å². The van der Waals surface area contributed by atoms with Crippen LogP contribution in [0.2, 0.25) is 0 Å². The Morgan fingerprint density at radius 1 is 1.18 bits per heavy atom. The molecule has 3 unspecified atom stereocenters. The van der Waals surface area contributed by atoms with Crippen LogP contribution in [0.5, 0.6) is 0 Å². The van der Waals surface area contributed by atoms with Gasteiger partial charge in [-0.15, -0.1) is 0 Å². The quantitative estimate of drug-likeness (QED) is 0.249. The molecular formula is C8H14O5S4. The highest BCUT2D eigenvalue weighted by atomic mass is 33.1. The topological polar surface area (TPSA) is 94.8 Å². The number of aliphatic hydroxyl groups excluding tert-OH is 1. The minimum absolute atomic E-state index is 0.112. The standard InChI is InChI=1S/C8H14O5S4/c9-2-1-4(7(12)13)8(15)17-16-6(14)3-5(10)11/h4,6,8-9,14-15H,1-3H2,(H,10,11)(H,12,13). The van der Waals surface area contributed by atoms with Gasteiger partial charge in [0, 0.05) is 6.61 Å². The summed E-state index contributed by atoms with van der Waals surface area (Å²) >= 11 is 8.18. The number of carbonyl (C=O) groups is 2. The van der Waals surface area contributed by atoms with Gasteiger partial charge < -0.3 is 15.3 Å². The Labute approximate surface area is 118 Å². The number of thiol groups is 2. The molecule has 0 aliphatic rings. The van der Waals surface area contributed by atoms with Crippen LogP contribution in [0, 0.1) is 5.92 Å². The zero-order valence-electron chi connectivity index (χ0n) is 8.72. The Morgan fingerprint density at radius 2 is 1.76 bits per heavy atom. The highest BCUT2D eigenvalue weighted by Gasteiger charge is 2.26. The van der Waals surface area contributed by atoms with Crippen LogP contribution in [-0.2, 0) is 9.59 Å². The molecule has 0 aromatic heterocycles. The summed E-state index contributed by atoms with van der Waals surface area (Å²) in [6.45, 7) is -0.224. The molecule has 0 saturated carbocycles. The molecule has 0 spiro atoms. The fourth-order valence-electron chi connectivity index (χ4n) is 0.899. The van der Waals surface area contributed by atoms with Gasteiger partial charge in [-0.05, 0) is 6.42 Å². The summed E-state index contributed by atoms with van der Waals surface area (Å²) in [5.41, 5.74) is 0. The van der Waals surface area contributed by atoms with Gasteiger partial charge in [-0.3, -0.25) is 9.59 Å². The molecule has 0 bridgehead atoms. The third-order valence-corrected chi connectivity index (χ3v) is 6.42. The molecule has 0 aromatic carbocycles. The molecule has 100 valence electrons. The van der Waals surface area contributed by atoms with Crippen LogP contribution in [0.25, 0.3) is 0 Å². The monoisotopic (exact) mass is 318 g/mol. The van der Waals surface area contributed by atoms with Crippen molar-refractivity contribution in [3.8, 4) is 0 Å². The fraction of sp³-hybridized carbons (Fsp3) is 0.750. The second-order valence-corrected chi connectivity index (χ2v) is 7.59. The predicted octanol–water partition coefficient (Wildman–Crippen LogP) is 1.44. The van der Waals surface area contributed by atoms with E-state index in [0.29, 0.717) is 0 Å². The molecule has 0 radical (unpaired) electrons. The maximum atomic E-state index is 10.9. The van der Waals surface area contributed by atoms with Crippen molar-refractivity contribution in [3.05, 3.63) is 0 Å². The van der Waals surface area contributed by atoms with E-state index in [-0.39, 0.29) is 19.4 Å². The molecule has 0 rings (SSSR count). The Balaban J connectivity index is 4.08. The largest absolute Gasteiger partial charge is 0.481 e. The van der Waals surface area contributed by atoms with Crippen LogP contribution in [0.4, 0.5) is 0 Å². The molecule has 9 heteroatoms. The summed E-state index contributed by atoms with van der Waals surface area (Å²) in [6.07, 6.45) is 0.00619. The molecule has 0 amide bonds. The number of carboxylic acids is 2. The van der Waals surface area contributed by atoms with Crippen LogP contribution >= 0.6 is 46.8 Å². The molecule has 3 N–H and O–H groups in total. The molecule has 0 heterocycles. The number of aliphatic hydroxyl groups is 1. The Bertz CT molecular complexity index is 262. The summed E-state index contributed by atoms with van der Waals surface area (Å²) in [4.78, 5) is 21.2. The third-order valence-electron chi connectivity index (χ3n) is 1.72. The van der Waals surface area contributed by atoms with Crippen LogP contribution in [-0.4, -0.2) is 43.0 Å². The van der Waals surface area contributed by atoms with Crippen molar-refractivity contribution in [3.63, 3.8) is 0 Å². The van der Waals surface area contributed by atoms with E-state index in [9.17, 15) is 9.59 Å². The van der Waals surface area contributed by atoms with Gasteiger partial charge in [-0.1, -0.05) is 21.6 Å². The predicted molar refractivity (Wildman–Crippen MR) is 75.8 cm³/mol. The van der Waals surface area contributed by atoms with Crippen molar-refractivity contribution in [1.82, 2.24) is 0 Å². The average molecular weight is 318 g/mol. The summed E-state index contributed by atoms with van der Waals surface area (Å²) in [5, 5.41) is 26.1. The van der Waals surface area contributed by atoms with Gasteiger partial charge >= 0.3 is 11.9 Å². The Morgan fingerprint density at radius 3 is 2.18 bits per heavy atom. The van der Waals surface area contributed by atoms with Gasteiger partial charge in [0.2, 0.25) is 0 Å². The van der Waals surface area contributed by atoms with Crippen molar-refractivity contribution >= 4 is 58.8 Å². The number of hydrogen-bond donors (Lipinski definition) is 5. The summed E-state index contributed by atoms with van der Waals surface area (Å²) < 4.78 is -0.941. The lowest BCUT2D eigenvalue weighted by atomic mass is 10.1. The smallest absolute Gasteiger partial charge is 0.308 e. The van der Waals surface area contributed by atoms with Crippen molar-refractivity contribution in [1.29, 1.82) is 0 Å². The van der Waals surface area contributed by atoms with Crippen LogP contribution in [0.1, 0.15) is 12.8 Å². The second-order valence-electron chi connectivity index (χ2n) is 3.09. The molecule has 0 aliphatic carbocycles. The normalized spacial score (nSPS) is 16.2. The molecule has 0 aliphatic heterocycles. The zero-order chi connectivity index (χ0) is 13.4. The van der Waals surface area contributed by atoms with Gasteiger partial charge in [0.05, 0.1) is 21.5 Å². The molecule has 0 saturated heterocycles. The van der Waals surface area contributed by atoms with Crippen molar-refractivity contribution in [2.45, 2.75) is 22.0 Å². The van der Waals surface area contributed by atoms with E-state index >= 15 is 0 Å². The van der Waals surface area contributed by atoms with Crippen molar-refractivity contribution in [2.75, 3.05) is 6.61 Å². The van der Waals surface area contributed by atoms with Gasteiger partial charge in [-0.25, -0.2) is 0 Å². The first-order chi connectivity index (χ1) is 7.88. The van der Waals surface area contributed by atoms with Crippen molar-refractivity contribution in [2.24, 2.45) is 5.92 Å². The summed E-state index contributed by atoms with van der Waals surface area (Å²) in [5.74, 6) is -2.76. The first-order valence-electron chi connectivity index (χ1n) is 4.62. The first-order valence-corrected chi connectivity index (χ1v) is 7.93. The number of hydrogen-bond acceptors (Lipinski definition) is 7. The highest BCUT2D eigenvalue weighted by Crippen LogP contribution is 2.39. The van der Waals surface area contributed by atoms with E-state index in [2.05, 4.69) is 25.3 Å². The van der Waals surface area contributed by atoms with Gasteiger partial charge in [0.25, 0.3) is 0 Å². The SMILES string of the molecule is O=C(O)CC(S)SSC(S)C(CCO)C(=O)O. The summed E-state index contributed by atoms with van der Waals surface area (Å²) in [7, 11) is 2.32. The lowest BCUT2D eigenvalue weighted by Crippen LogP contribution is -2.23. The lowest BCUT2D eigenvalue weighted by molar-refractivity contribution is -0.141. The molecule has 3 atom stereocenters. The fourth-order valence-corrected chi connectivity index (χ4v) is 4.40. The zero-order valence-corrected chi connectivity index (χ0v) is 12.1. The Hall–Kier alpha value is 0.300. The van der Waals surface area contributed by atoms with Crippen LogP contribution in [0.3, 0.4) is 0 Å². The number of rotatable bonds is 9. The minimum Gasteiger partial charge on any atom is -0.481 e. The maximum absolute atomic E-state index is 10.9. The van der Waals surface area contributed by atoms with Crippen LogP contribution in [0.15, 0.2) is 0 Å². The highest BCUT2D eigenvalue weighted by molar-refractivity contribution is 8.79. The first kappa shape index (κ1) is 17.3. The molecule has 5 nitrogen and oxygen atoms in total. The average Bonchev–Trinajstić information content (AvgIpc) is 2.21. The Kier molecular flexibility index (Phi) is 9.42.